The summed E-state index contributed by atoms with van der Waals surface area (Å²) in [5.74, 6) is -12.9. The second-order valence-corrected chi connectivity index (χ2v) is 3.88. The van der Waals surface area contributed by atoms with Crippen molar-refractivity contribution in [2.45, 2.75) is 0 Å². The lowest BCUT2D eigenvalue weighted by Gasteiger charge is -2.08. The van der Waals surface area contributed by atoms with Crippen LogP contribution in [0.4, 0.5) is 33.5 Å². The average Bonchev–Trinajstić information content (AvgIpc) is 2.46. The number of nitrogens with one attached hydrogen (secondary N) is 1. The maximum atomic E-state index is 13.4. The van der Waals surface area contributed by atoms with Crippen molar-refractivity contribution in [2.24, 2.45) is 0 Å². The summed E-state index contributed by atoms with van der Waals surface area (Å²) >= 11 is 0. The Balaban J connectivity index is 2.42. The molecule has 0 spiro atoms. The summed E-state index contributed by atoms with van der Waals surface area (Å²) in [6.45, 7) is 0. The van der Waals surface area contributed by atoms with Gasteiger partial charge >= 0.3 is 0 Å². The second kappa shape index (κ2) is 5.35. The Morgan fingerprint density at radius 1 is 0.952 bits per heavy atom. The van der Waals surface area contributed by atoms with E-state index in [-0.39, 0.29) is 11.5 Å². The van der Waals surface area contributed by atoms with Gasteiger partial charge in [-0.1, -0.05) is 0 Å². The number of pyridine rings is 1. The fourth-order valence-corrected chi connectivity index (χ4v) is 1.46. The van der Waals surface area contributed by atoms with Crippen molar-refractivity contribution in [3.8, 4) is 0 Å². The van der Waals surface area contributed by atoms with E-state index in [0.29, 0.717) is 0 Å². The van der Waals surface area contributed by atoms with Crippen LogP contribution in [0.1, 0.15) is 10.4 Å². The van der Waals surface area contributed by atoms with Crippen molar-refractivity contribution in [2.75, 3.05) is 11.1 Å². The smallest absolute Gasteiger partial charge is 0.263 e. The predicted molar refractivity (Wildman–Crippen MR) is 62.8 cm³/mol. The van der Waals surface area contributed by atoms with Gasteiger partial charge in [0.05, 0.1) is 11.9 Å². The first-order valence-electron chi connectivity index (χ1n) is 5.37. The first-order valence-corrected chi connectivity index (χ1v) is 5.37. The van der Waals surface area contributed by atoms with Gasteiger partial charge < -0.3 is 11.1 Å². The van der Waals surface area contributed by atoms with Gasteiger partial charge in [-0.2, -0.15) is 0 Å². The molecule has 2 aromatic rings. The standard InChI is InChI=1S/C12H6F5N3O/c13-7-6(8(14)10(16)11(17)9(7)15)12(21)20-5-2-1-4(18)3-19-5/h1-3H,18H2,(H,19,20,21). The summed E-state index contributed by atoms with van der Waals surface area (Å²) in [5.41, 5.74) is 4.00. The predicted octanol–water partition coefficient (Wildman–Crippen LogP) is 2.61. The monoisotopic (exact) mass is 303 g/mol. The van der Waals surface area contributed by atoms with E-state index in [1.807, 2.05) is 5.32 Å². The lowest BCUT2D eigenvalue weighted by atomic mass is 10.1. The van der Waals surface area contributed by atoms with Crippen molar-refractivity contribution in [1.82, 2.24) is 4.98 Å². The fraction of sp³-hybridized carbons (Fsp3) is 0. The van der Waals surface area contributed by atoms with Crippen LogP contribution in [0.3, 0.4) is 0 Å². The number of aromatic nitrogens is 1. The Labute approximate surface area is 114 Å². The van der Waals surface area contributed by atoms with Crippen LogP contribution >= 0.6 is 0 Å². The Bertz CT molecular complexity index is 689. The van der Waals surface area contributed by atoms with Gasteiger partial charge in [0.1, 0.15) is 11.4 Å². The number of carbonyl (C=O) groups excluding carboxylic acids is 1. The molecule has 0 aliphatic heterocycles. The number of anilines is 2. The van der Waals surface area contributed by atoms with E-state index >= 15 is 0 Å². The van der Waals surface area contributed by atoms with Gasteiger partial charge in [0, 0.05) is 0 Å². The van der Waals surface area contributed by atoms with Crippen LogP contribution in [0.15, 0.2) is 18.3 Å². The third-order valence-corrected chi connectivity index (χ3v) is 2.46. The molecule has 0 aliphatic carbocycles. The Morgan fingerprint density at radius 2 is 1.48 bits per heavy atom. The molecule has 0 saturated heterocycles. The van der Waals surface area contributed by atoms with Gasteiger partial charge in [-0.15, -0.1) is 0 Å². The molecule has 0 saturated carbocycles. The number of amides is 1. The number of rotatable bonds is 2. The van der Waals surface area contributed by atoms with Crippen LogP contribution in [0, 0.1) is 29.1 Å². The number of benzene rings is 1. The van der Waals surface area contributed by atoms with E-state index in [1.54, 1.807) is 0 Å². The molecule has 110 valence electrons. The third kappa shape index (κ3) is 2.62. The average molecular weight is 303 g/mol. The van der Waals surface area contributed by atoms with E-state index in [1.165, 1.54) is 12.1 Å². The zero-order valence-corrected chi connectivity index (χ0v) is 10.1. The number of hydrogen-bond donors (Lipinski definition) is 2. The summed E-state index contributed by atoms with van der Waals surface area (Å²) < 4.78 is 65.6. The molecule has 2 rings (SSSR count). The number of nitrogens with zero attached hydrogens (tertiary/aromatic N) is 1. The van der Waals surface area contributed by atoms with Crippen LogP contribution in [0.5, 0.6) is 0 Å². The molecule has 1 aromatic carbocycles. The third-order valence-electron chi connectivity index (χ3n) is 2.46. The van der Waals surface area contributed by atoms with Crippen molar-refractivity contribution in [3.05, 3.63) is 53.0 Å². The van der Waals surface area contributed by atoms with Gasteiger partial charge in [0.15, 0.2) is 23.3 Å². The lowest BCUT2D eigenvalue weighted by Crippen LogP contribution is -2.19. The molecule has 1 amide bonds. The highest BCUT2D eigenvalue weighted by Gasteiger charge is 2.29. The molecule has 4 nitrogen and oxygen atoms in total. The van der Waals surface area contributed by atoms with Crippen LogP contribution in [-0.4, -0.2) is 10.9 Å². The van der Waals surface area contributed by atoms with Gasteiger partial charge in [-0.3, -0.25) is 4.79 Å². The lowest BCUT2D eigenvalue weighted by molar-refractivity contribution is 0.101. The largest absolute Gasteiger partial charge is 0.397 e. The van der Waals surface area contributed by atoms with Crippen molar-refractivity contribution in [3.63, 3.8) is 0 Å². The highest BCUT2D eigenvalue weighted by atomic mass is 19.2. The number of nitrogen functional groups attached to an aromatic ring is 1. The number of carbonyl (C=O) groups is 1. The second-order valence-electron chi connectivity index (χ2n) is 3.88. The molecule has 0 bridgehead atoms. The molecular formula is C12H6F5N3O. The summed E-state index contributed by atoms with van der Waals surface area (Å²) in [6, 6.07) is 2.51. The number of nitrogens with two attached hydrogens (primary N) is 1. The highest BCUT2D eigenvalue weighted by Crippen LogP contribution is 2.23. The van der Waals surface area contributed by atoms with Gasteiger partial charge in [0.2, 0.25) is 5.82 Å². The summed E-state index contributed by atoms with van der Waals surface area (Å²) in [4.78, 5) is 15.2. The summed E-state index contributed by atoms with van der Waals surface area (Å²) in [7, 11) is 0. The minimum atomic E-state index is -2.34. The molecule has 0 unspecified atom stereocenters. The minimum absolute atomic E-state index is 0.168. The molecular weight excluding hydrogens is 297 g/mol. The first-order chi connectivity index (χ1) is 9.82. The molecule has 3 N–H and O–H groups in total. The minimum Gasteiger partial charge on any atom is -0.397 e. The maximum absolute atomic E-state index is 13.4. The van der Waals surface area contributed by atoms with E-state index < -0.39 is 40.6 Å². The first kappa shape index (κ1) is 14.7. The quantitative estimate of drug-likeness (QED) is 0.509. The normalized spacial score (nSPS) is 10.5. The molecule has 0 fully saturated rings. The van der Waals surface area contributed by atoms with Crippen LogP contribution in [-0.2, 0) is 0 Å². The van der Waals surface area contributed by atoms with Crippen molar-refractivity contribution in [1.29, 1.82) is 0 Å². The summed E-state index contributed by atoms with van der Waals surface area (Å²) in [5, 5.41) is 1.90. The number of halogens is 5. The van der Waals surface area contributed by atoms with Gasteiger partial charge in [-0.25, -0.2) is 26.9 Å². The van der Waals surface area contributed by atoms with Gasteiger partial charge in [-0.05, 0) is 12.1 Å². The van der Waals surface area contributed by atoms with E-state index in [4.69, 9.17) is 5.73 Å². The van der Waals surface area contributed by atoms with E-state index in [2.05, 4.69) is 4.98 Å². The molecule has 0 aliphatic rings. The van der Waals surface area contributed by atoms with Crippen LogP contribution in [0.25, 0.3) is 0 Å². The Kier molecular flexibility index (Phi) is 3.74. The van der Waals surface area contributed by atoms with E-state index in [9.17, 15) is 26.7 Å². The van der Waals surface area contributed by atoms with Crippen LogP contribution in [0.2, 0.25) is 0 Å². The number of hydrogen-bond acceptors (Lipinski definition) is 3. The van der Waals surface area contributed by atoms with Crippen molar-refractivity contribution < 1.29 is 26.7 Å². The van der Waals surface area contributed by atoms with Crippen LogP contribution < -0.4 is 11.1 Å². The SMILES string of the molecule is Nc1ccc(NC(=O)c2c(F)c(F)c(F)c(F)c2F)nc1. The fourth-order valence-electron chi connectivity index (χ4n) is 1.46. The Morgan fingerprint density at radius 3 is 1.95 bits per heavy atom. The molecule has 21 heavy (non-hydrogen) atoms. The zero-order valence-electron chi connectivity index (χ0n) is 10.1. The van der Waals surface area contributed by atoms with E-state index in [0.717, 1.165) is 6.20 Å². The zero-order chi connectivity index (χ0) is 15.7. The molecule has 0 atom stereocenters. The van der Waals surface area contributed by atoms with Crippen molar-refractivity contribution >= 4 is 17.4 Å². The molecule has 0 radical (unpaired) electrons. The molecule has 1 heterocycles. The summed E-state index contributed by atoms with van der Waals surface area (Å²) in [6.07, 6.45) is 1.13. The maximum Gasteiger partial charge on any atom is 0.263 e. The van der Waals surface area contributed by atoms with Gasteiger partial charge in [0.25, 0.3) is 5.91 Å². The highest BCUT2D eigenvalue weighted by molar-refractivity contribution is 6.04. The molecule has 1 aromatic heterocycles. The molecule has 9 heteroatoms. The topological polar surface area (TPSA) is 68.0 Å². The Hall–Kier alpha value is -2.71.